The first kappa shape index (κ1) is 26.8. The van der Waals surface area contributed by atoms with Gasteiger partial charge in [0.25, 0.3) is 11.7 Å². The number of ketones is 1. The Bertz CT molecular complexity index is 1400. The van der Waals surface area contributed by atoms with Crippen LogP contribution < -0.4 is 4.90 Å². The number of carbonyl (C=O) groups excluding carboxylic acids is 3. The molecule has 1 aliphatic rings. The van der Waals surface area contributed by atoms with E-state index in [1.807, 2.05) is 25.1 Å². The number of amides is 1. The minimum Gasteiger partial charge on any atom is -0.507 e. The average Bonchev–Trinajstić information content (AvgIpc) is 3.14. The maximum Gasteiger partial charge on any atom is 0.310 e. The number of nitrogens with zero attached hydrogens (tertiary/aromatic N) is 2. The Labute approximate surface area is 222 Å². The van der Waals surface area contributed by atoms with Crippen LogP contribution in [0.15, 0.2) is 72.4 Å². The fourth-order valence-electron chi connectivity index (χ4n) is 4.56. The molecule has 1 atom stereocenters. The van der Waals surface area contributed by atoms with Crippen molar-refractivity contribution in [3.05, 3.63) is 100 Å². The molecule has 1 saturated heterocycles. The molecule has 0 radical (unpaired) electrons. The Morgan fingerprint density at radius 3 is 2.37 bits per heavy atom. The summed E-state index contributed by atoms with van der Waals surface area (Å²) in [6, 6.07) is 16.9. The number of carbonyl (C=O) groups is 3. The zero-order chi connectivity index (χ0) is 27.6. The molecule has 38 heavy (non-hydrogen) atoms. The summed E-state index contributed by atoms with van der Waals surface area (Å²) in [6.45, 7) is 10.1. The highest BCUT2D eigenvalue weighted by Crippen LogP contribution is 2.42. The van der Waals surface area contributed by atoms with Gasteiger partial charge in [-0.1, -0.05) is 51.1 Å². The van der Waals surface area contributed by atoms with Gasteiger partial charge in [0.1, 0.15) is 11.8 Å². The van der Waals surface area contributed by atoms with E-state index in [1.54, 1.807) is 55.6 Å². The third kappa shape index (κ3) is 5.23. The first-order valence-corrected chi connectivity index (χ1v) is 12.6. The van der Waals surface area contributed by atoms with Crippen LogP contribution in [-0.4, -0.2) is 34.4 Å². The molecule has 7 nitrogen and oxygen atoms in total. The maximum atomic E-state index is 13.5. The Kier molecular flexibility index (Phi) is 7.49. The number of anilines is 1. The van der Waals surface area contributed by atoms with Crippen LogP contribution in [0, 0.1) is 6.92 Å². The Hall–Kier alpha value is -4.26. The Balaban J connectivity index is 1.84. The topological polar surface area (TPSA) is 96.8 Å². The van der Waals surface area contributed by atoms with Crippen molar-refractivity contribution in [1.29, 1.82) is 0 Å². The van der Waals surface area contributed by atoms with Gasteiger partial charge in [-0.05, 0) is 66.3 Å². The number of aryl methyl sites for hydroxylation is 1. The molecule has 0 bridgehead atoms. The molecule has 0 spiro atoms. The third-order valence-electron chi connectivity index (χ3n) is 6.64. The summed E-state index contributed by atoms with van der Waals surface area (Å²) in [5.41, 5.74) is 3.70. The zero-order valence-corrected chi connectivity index (χ0v) is 22.3. The van der Waals surface area contributed by atoms with Crippen LogP contribution in [0.1, 0.15) is 61.7 Å². The number of hydrogen-bond donors (Lipinski definition) is 1. The largest absolute Gasteiger partial charge is 0.507 e. The van der Waals surface area contributed by atoms with E-state index in [4.69, 9.17) is 4.74 Å². The van der Waals surface area contributed by atoms with Crippen LogP contribution in [0.4, 0.5) is 5.69 Å². The highest BCUT2D eigenvalue weighted by molar-refractivity contribution is 6.51. The molecule has 196 valence electrons. The van der Waals surface area contributed by atoms with Crippen molar-refractivity contribution in [2.75, 3.05) is 11.5 Å². The fourth-order valence-corrected chi connectivity index (χ4v) is 4.56. The molecule has 0 aliphatic carbocycles. The first-order valence-electron chi connectivity index (χ1n) is 12.6. The van der Waals surface area contributed by atoms with Crippen molar-refractivity contribution in [3.63, 3.8) is 0 Å². The molecule has 2 heterocycles. The molecule has 7 heteroatoms. The number of pyridine rings is 1. The molecule has 1 unspecified atom stereocenters. The zero-order valence-electron chi connectivity index (χ0n) is 22.3. The van der Waals surface area contributed by atoms with E-state index in [-0.39, 0.29) is 29.1 Å². The van der Waals surface area contributed by atoms with E-state index >= 15 is 0 Å². The van der Waals surface area contributed by atoms with Crippen molar-refractivity contribution in [1.82, 2.24) is 4.98 Å². The summed E-state index contributed by atoms with van der Waals surface area (Å²) in [4.78, 5) is 44.6. The standard InChI is InChI=1S/C31H32N2O5/c1-6-38-25(34)17-20-11-14-22(15-12-20)33-27(24-9-7-8-16-32-24)26(29(36)30(33)37)28(35)23-18-21(31(3,4)5)13-10-19(23)2/h7-16,18,27,35H,6,17H2,1-5H3/b28-26+. The number of rotatable bonds is 6. The molecule has 1 N–H and O–H groups in total. The van der Waals surface area contributed by atoms with Gasteiger partial charge in [-0.15, -0.1) is 0 Å². The van der Waals surface area contributed by atoms with E-state index < -0.39 is 17.7 Å². The second-order valence-corrected chi connectivity index (χ2v) is 10.4. The highest BCUT2D eigenvalue weighted by Gasteiger charge is 2.47. The molecular weight excluding hydrogens is 480 g/mol. The summed E-state index contributed by atoms with van der Waals surface area (Å²) in [7, 11) is 0. The van der Waals surface area contributed by atoms with E-state index in [0.717, 1.165) is 11.1 Å². The summed E-state index contributed by atoms with van der Waals surface area (Å²) in [6.07, 6.45) is 1.68. The van der Waals surface area contributed by atoms with Crippen molar-refractivity contribution in [3.8, 4) is 0 Å². The lowest BCUT2D eigenvalue weighted by atomic mass is 9.84. The van der Waals surface area contributed by atoms with Crippen LogP contribution in [0.5, 0.6) is 0 Å². The van der Waals surface area contributed by atoms with Gasteiger partial charge in [-0.25, -0.2) is 0 Å². The summed E-state index contributed by atoms with van der Waals surface area (Å²) in [5.74, 6) is -2.12. The molecule has 1 aliphatic heterocycles. The second-order valence-electron chi connectivity index (χ2n) is 10.4. The second kappa shape index (κ2) is 10.6. The minimum absolute atomic E-state index is 0.0153. The molecule has 0 saturated carbocycles. The van der Waals surface area contributed by atoms with E-state index in [0.29, 0.717) is 29.1 Å². The summed E-state index contributed by atoms with van der Waals surface area (Å²) in [5, 5.41) is 11.6. The van der Waals surface area contributed by atoms with E-state index in [1.165, 1.54) is 4.90 Å². The minimum atomic E-state index is -0.926. The van der Waals surface area contributed by atoms with Crippen molar-refractivity contribution < 1.29 is 24.2 Å². The smallest absolute Gasteiger partial charge is 0.310 e. The number of Topliss-reactive ketones (excluding diaryl/α,β-unsaturated/α-hetero) is 1. The fraction of sp³-hybridized carbons (Fsp3) is 0.290. The lowest BCUT2D eigenvalue weighted by Gasteiger charge is -2.25. The van der Waals surface area contributed by atoms with Crippen molar-refractivity contribution in [2.45, 2.75) is 52.5 Å². The lowest BCUT2D eigenvalue weighted by molar-refractivity contribution is -0.142. The SMILES string of the molecule is CCOC(=O)Cc1ccc(N2C(=O)C(=O)/C(=C(/O)c3cc(C(C)(C)C)ccc3C)C2c2ccccn2)cc1. The third-order valence-corrected chi connectivity index (χ3v) is 6.64. The van der Waals surface area contributed by atoms with Crippen LogP contribution in [0.25, 0.3) is 5.76 Å². The van der Waals surface area contributed by atoms with E-state index in [2.05, 4.69) is 25.8 Å². The molecule has 2 aromatic carbocycles. The molecule has 3 aromatic rings. The first-order chi connectivity index (χ1) is 18.0. The molecule has 1 amide bonds. The lowest BCUT2D eigenvalue weighted by Crippen LogP contribution is -2.29. The van der Waals surface area contributed by atoms with Crippen LogP contribution in [0.3, 0.4) is 0 Å². The van der Waals surface area contributed by atoms with Crippen LogP contribution >= 0.6 is 0 Å². The van der Waals surface area contributed by atoms with Gasteiger partial charge in [-0.2, -0.15) is 0 Å². The van der Waals surface area contributed by atoms with Gasteiger partial charge in [0, 0.05) is 17.4 Å². The van der Waals surface area contributed by atoms with Crippen LogP contribution in [-0.2, 0) is 31.0 Å². The quantitative estimate of drug-likeness (QED) is 0.205. The predicted octanol–water partition coefficient (Wildman–Crippen LogP) is 5.42. The molecule has 1 aromatic heterocycles. The van der Waals surface area contributed by atoms with Crippen molar-refractivity contribution in [2.24, 2.45) is 0 Å². The highest BCUT2D eigenvalue weighted by atomic mass is 16.5. The predicted molar refractivity (Wildman–Crippen MR) is 146 cm³/mol. The number of aromatic nitrogens is 1. The number of hydrogen-bond acceptors (Lipinski definition) is 6. The van der Waals surface area contributed by atoms with E-state index in [9.17, 15) is 19.5 Å². The summed E-state index contributed by atoms with van der Waals surface area (Å²) < 4.78 is 5.01. The average molecular weight is 513 g/mol. The summed E-state index contributed by atoms with van der Waals surface area (Å²) >= 11 is 0. The molecule has 4 rings (SSSR count). The van der Waals surface area contributed by atoms with Gasteiger partial charge < -0.3 is 9.84 Å². The number of aliphatic hydroxyl groups is 1. The van der Waals surface area contributed by atoms with Crippen molar-refractivity contribution >= 4 is 29.1 Å². The molecular formula is C31H32N2O5. The monoisotopic (exact) mass is 512 g/mol. The molecule has 1 fully saturated rings. The Morgan fingerprint density at radius 2 is 1.76 bits per heavy atom. The number of benzene rings is 2. The normalized spacial score (nSPS) is 17.1. The number of aliphatic hydroxyl groups excluding tert-OH is 1. The Morgan fingerprint density at radius 1 is 1.05 bits per heavy atom. The van der Waals surface area contributed by atoms with Gasteiger partial charge in [0.05, 0.1) is 24.3 Å². The van der Waals surface area contributed by atoms with Gasteiger partial charge in [0.2, 0.25) is 0 Å². The maximum absolute atomic E-state index is 13.5. The number of ether oxygens (including phenoxy) is 1. The van der Waals surface area contributed by atoms with Gasteiger partial charge in [0.15, 0.2) is 0 Å². The number of esters is 1. The van der Waals surface area contributed by atoms with Crippen LogP contribution in [0.2, 0.25) is 0 Å². The van der Waals surface area contributed by atoms with Gasteiger partial charge >= 0.3 is 5.97 Å². The van der Waals surface area contributed by atoms with Gasteiger partial charge in [-0.3, -0.25) is 24.3 Å².